The molecule has 28 heavy (non-hydrogen) atoms. The summed E-state index contributed by atoms with van der Waals surface area (Å²) in [6.45, 7) is -0.0448. The Hall–Kier alpha value is -2.97. The van der Waals surface area contributed by atoms with Crippen molar-refractivity contribution in [1.29, 1.82) is 0 Å². The van der Waals surface area contributed by atoms with E-state index in [0.29, 0.717) is 11.6 Å². The van der Waals surface area contributed by atoms with Crippen molar-refractivity contribution >= 4 is 17.5 Å². The van der Waals surface area contributed by atoms with Crippen molar-refractivity contribution in [1.82, 2.24) is 5.32 Å². The molecule has 0 saturated carbocycles. The van der Waals surface area contributed by atoms with E-state index in [4.69, 9.17) is 0 Å². The lowest BCUT2D eigenvalue weighted by Gasteiger charge is -2.17. The number of hydrogen-bond acceptors (Lipinski definition) is 2. The molecule has 0 bridgehead atoms. The molecule has 1 aliphatic heterocycles. The van der Waals surface area contributed by atoms with Crippen molar-refractivity contribution in [3.8, 4) is 0 Å². The van der Waals surface area contributed by atoms with Gasteiger partial charge < -0.3 is 10.2 Å². The fourth-order valence-electron chi connectivity index (χ4n) is 2.97. The summed E-state index contributed by atoms with van der Waals surface area (Å²) in [5.74, 6) is -3.31. The van der Waals surface area contributed by atoms with E-state index in [1.807, 2.05) is 0 Å². The maximum atomic E-state index is 13.3. The van der Waals surface area contributed by atoms with Crippen molar-refractivity contribution in [2.24, 2.45) is 5.92 Å². The Morgan fingerprint density at radius 1 is 1.07 bits per heavy atom. The largest absolute Gasteiger partial charge is 0.416 e. The van der Waals surface area contributed by atoms with Gasteiger partial charge >= 0.3 is 6.18 Å². The second kappa shape index (κ2) is 7.57. The van der Waals surface area contributed by atoms with Gasteiger partial charge in [0, 0.05) is 31.3 Å². The van der Waals surface area contributed by atoms with E-state index in [1.54, 1.807) is 0 Å². The van der Waals surface area contributed by atoms with Crippen LogP contribution in [0.1, 0.15) is 17.5 Å². The monoisotopic (exact) mass is 398 g/mol. The average molecular weight is 398 g/mol. The third-order valence-corrected chi connectivity index (χ3v) is 4.40. The van der Waals surface area contributed by atoms with E-state index < -0.39 is 41.1 Å². The summed E-state index contributed by atoms with van der Waals surface area (Å²) in [7, 11) is 0. The normalized spacial score (nSPS) is 17.1. The quantitative estimate of drug-likeness (QED) is 0.800. The van der Waals surface area contributed by atoms with Crippen LogP contribution in [0.15, 0.2) is 42.5 Å². The Kier molecular flexibility index (Phi) is 5.35. The molecule has 0 spiro atoms. The first-order valence-electron chi connectivity index (χ1n) is 8.34. The number of alkyl halides is 3. The van der Waals surface area contributed by atoms with Gasteiger partial charge in [0.1, 0.15) is 11.6 Å². The van der Waals surface area contributed by atoms with E-state index in [1.165, 1.54) is 12.1 Å². The molecule has 2 aromatic rings. The zero-order chi connectivity index (χ0) is 20.5. The zero-order valence-corrected chi connectivity index (χ0v) is 14.4. The summed E-state index contributed by atoms with van der Waals surface area (Å²) in [6, 6.07) is 7.03. The number of anilines is 1. The van der Waals surface area contributed by atoms with Gasteiger partial charge in [-0.05, 0) is 29.8 Å². The fraction of sp³-hybridized carbons (Fsp3) is 0.263. The van der Waals surface area contributed by atoms with Crippen LogP contribution >= 0.6 is 0 Å². The van der Waals surface area contributed by atoms with Crippen molar-refractivity contribution < 1.29 is 31.5 Å². The van der Waals surface area contributed by atoms with Crippen LogP contribution in [0.25, 0.3) is 0 Å². The zero-order valence-electron chi connectivity index (χ0n) is 14.4. The van der Waals surface area contributed by atoms with Crippen LogP contribution in [-0.2, 0) is 22.3 Å². The van der Waals surface area contributed by atoms with Gasteiger partial charge in [-0.1, -0.05) is 12.1 Å². The van der Waals surface area contributed by atoms with Crippen LogP contribution in [0.4, 0.5) is 27.6 Å². The van der Waals surface area contributed by atoms with Crippen LogP contribution in [0.2, 0.25) is 0 Å². The van der Waals surface area contributed by atoms with Crippen LogP contribution in [0.5, 0.6) is 0 Å². The molecule has 148 valence electrons. The molecular weight excluding hydrogens is 383 g/mol. The lowest BCUT2D eigenvalue weighted by Crippen LogP contribution is -2.32. The minimum Gasteiger partial charge on any atom is -0.352 e. The summed E-state index contributed by atoms with van der Waals surface area (Å²) >= 11 is 0. The van der Waals surface area contributed by atoms with Crippen molar-refractivity contribution in [3.05, 3.63) is 65.2 Å². The highest BCUT2D eigenvalue weighted by Crippen LogP contribution is 2.29. The molecule has 4 nitrogen and oxygen atoms in total. The molecule has 2 amide bonds. The topological polar surface area (TPSA) is 49.4 Å². The Morgan fingerprint density at radius 3 is 2.25 bits per heavy atom. The predicted molar refractivity (Wildman–Crippen MR) is 90.1 cm³/mol. The van der Waals surface area contributed by atoms with Gasteiger partial charge in [0.2, 0.25) is 11.8 Å². The Bertz CT molecular complexity index is 876. The average Bonchev–Trinajstić information content (AvgIpc) is 3.00. The molecule has 1 aliphatic rings. The SMILES string of the molecule is O=C(NCc1ccc(C(F)(F)F)cc1)C1CC(=O)N(c2cc(F)cc(F)c2)C1. The number of halogens is 5. The first-order valence-corrected chi connectivity index (χ1v) is 8.34. The predicted octanol–water partition coefficient (Wildman–Crippen LogP) is 3.65. The third kappa shape index (κ3) is 4.47. The highest BCUT2D eigenvalue weighted by Gasteiger charge is 2.35. The third-order valence-electron chi connectivity index (χ3n) is 4.40. The van der Waals surface area contributed by atoms with E-state index in [2.05, 4.69) is 5.32 Å². The minimum absolute atomic E-state index is 0.00372. The van der Waals surface area contributed by atoms with Gasteiger partial charge in [0.15, 0.2) is 0 Å². The highest BCUT2D eigenvalue weighted by atomic mass is 19.4. The molecule has 1 heterocycles. The van der Waals surface area contributed by atoms with Crippen LogP contribution in [-0.4, -0.2) is 18.4 Å². The maximum Gasteiger partial charge on any atom is 0.416 e. The number of carbonyl (C=O) groups is 2. The number of rotatable bonds is 4. The maximum absolute atomic E-state index is 13.3. The Balaban J connectivity index is 1.60. The standard InChI is InChI=1S/C19H15F5N2O2/c20-14-6-15(21)8-16(7-14)26-10-12(5-17(26)27)18(28)25-9-11-1-3-13(4-2-11)19(22,23)24/h1-4,6-8,12H,5,9-10H2,(H,25,28). The second-order valence-electron chi connectivity index (χ2n) is 6.45. The van der Waals surface area contributed by atoms with E-state index in [-0.39, 0.29) is 25.2 Å². The Morgan fingerprint density at radius 2 is 1.68 bits per heavy atom. The summed E-state index contributed by atoms with van der Waals surface area (Å²) in [5, 5.41) is 2.57. The highest BCUT2D eigenvalue weighted by molar-refractivity contribution is 6.00. The molecule has 9 heteroatoms. The van der Waals surface area contributed by atoms with Crippen molar-refractivity contribution in [2.75, 3.05) is 11.4 Å². The molecular formula is C19H15F5N2O2. The lowest BCUT2D eigenvalue weighted by atomic mass is 10.1. The number of amides is 2. The van der Waals surface area contributed by atoms with Crippen molar-refractivity contribution in [3.63, 3.8) is 0 Å². The molecule has 1 fully saturated rings. The summed E-state index contributed by atoms with van der Waals surface area (Å²) in [4.78, 5) is 25.5. The fourth-order valence-corrected chi connectivity index (χ4v) is 2.97. The van der Waals surface area contributed by atoms with Crippen molar-refractivity contribution in [2.45, 2.75) is 19.1 Å². The molecule has 1 saturated heterocycles. The van der Waals surface area contributed by atoms with Crippen LogP contribution in [0.3, 0.4) is 0 Å². The van der Waals surface area contributed by atoms with Gasteiger partial charge in [-0.2, -0.15) is 13.2 Å². The number of carbonyl (C=O) groups excluding carboxylic acids is 2. The summed E-state index contributed by atoms with van der Waals surface area (Å²) < 4.78 is 64.3. The van der Waals surface area contributed by atoms with E-state index in [0.717, 1.165) is 29.2 Å². The van der Waals surface area contributed by atoms with Gasteiger partial charge in [-0.15, -0.1) is 0 Å². The number of nitrogens with one attached hydrogen (secondary N) is 1. The molecule has 1 N–H and O–H groups in total. The first kappa shape index (κ1) is 19.8. The second-order valence-corrected chi connectivity index (χ2v) is 6.45. The molecule has 1 atom stereocenters. The van der Waals surface area contributed by atoms with Crippen LogP contribution in [0, 0.1) is 17.6 Å². The number of benzene rings is 2. The van der Waals surface area contributed by atoms with E-state index in [9.17, 15) is 31.5 Å². The number of hydrogen-bond donors (Lipinski definition) is 1. The molecule has 0 aliphatic carbocycles. The molecule has 1 unspecified atom stereocenters. The summed E-state index contributed by atoms with van der Waals surface area (Å²) in [5.41, 5.74) is -0.294. The van der Waals surface area contributed by atoms with Gasteiger partial charge in [-0.3, -0.25) is 9.59 Å². The minimum atomic E-state index is -4.44. The van der Waals surface area contributed by atoms with E-state index >= 15 is 0 Å². The van der Waals surface area contributed by atoms with Gasteiger partial charge in [0.05, 0.1) is 11.5 Å². The van der Waals surface area contributed by atoms with Gasteiger partial charge in [-0.25, -0.2) is 8.78 Å². The smallest absolute Gasteiger partial charge is 0.352 e. The Labute approximate surface area is 156 Å². The van der Waals surface area contributed by atoms with Gasteiger partial charge in [0.25, 0.3) is 0 Å². The summed E-state index contributed by atoms with van der Waals surface area (Å²) in [6.07, 6.45) is -4.57. The molecule has 3 rings (SSSR count). The molecule has 2 aromatic carbocycles. The number of nitrogens with zero attached hydrogens (tertiary/aromatic N) is 1. The molecule has 0 aromatic heterocycles. The van der Waals surface area contributed by atoms with Crippen LogP contribution < -0.4 is 10.2 Å². The molecule has 0 radical (unpaired) electrons. The first-order chi connectivity index (χ1) is 13.1. The lowest BCUT2D eigenvalue weighted by molar-refractivity contribution is -0.137.